The van der Waals surface area contributed by atoms with E-state index in [1.54, 1.807) is 0 Å². The maximum Gasteiger partial charge on any atom is 0.0806 e. The first-order chi connectivity index (χ1) is 8.65. The lowest BCUT2D eigenvalue weighted by atomic mass is 9.99. The zero-order valence-electron chi connectivity index (χ0n) is 12.2. The second-order valence-corrected chi connectivity index (χ2v) is 6.50. The molecule has 3 atom stereocenters. The topological polar surface area (TPSA) is 38.5 Å². The highest BCUT2D eigenvalue weighted by Crippen LogP contribution is 2.36. The van der Waals surface area contributed by atoms with Crippen molar-refractivity contribution in [3.05, 3.63) is 0 Å². The molecular formula is C15H30N2O. The van der Waals surface area contributed by atoms with Gasteiger partial charge in [0.15, 0.2) is 0 Å². The molecule has 0 amide bonds. The molecule has 3 heteroatoms. The highest BCUT2D eigenvalue weighted by atomic mass is 16.5. The minimum atomic E-state index is 0.00660. The van der Waals surface area contributed by atoms with Crippen molar-refractivity contribution in [2.24, 2.45) is 11.7 Å². The fraction of sp³-hybridized carbons (Fsp3) is 1.00. The molecule has 3 unspecified atom stereocenters. The van der Waals surface area contributed by atoms with Crippen molar-refractivity contribution >= 4 is 0 Å². The molecule has 0 aromatic heterocycles. The maximum atomic E-state index is 6.21. The third-order valence-electron chi connectivity index (χ3n) is 4.97. The van der Waals surface area contributed by atoms with Gasteiger partial charge in [0.2, 0.25) is 0 Å². The molecule has 2 rings (SSSR count). The Morgan fingerprint density at radius 2 is 2.17 bits per heavy atom. The second-order valence-electron chi connectivity index (χ2n) is 6.50. The highest BCUT2D eigenvalue weighted by Gasteiger charge is 2.37. The van der Waals surface area contributed by atoms with E-state index in [9.17, 15) is 0 Å². The number of nitrogens with two attached hydrogens (primary N) is 1. The number of nitrogens with zero attached hydrogens (tertiary/aromatic N) is 1. The Balaban J connectivity index is 1.73. The van der Waals surface area contributed by atoms with Crippen LogP contribution in [0.1, 0.15) is 51.9 Å². The van der Waals surface area contributed by atoms with E-state index in [2.05, 4.69) is 18.9 Å². The van der Waals surface area contributed by atoms with Crippen molar-refractivity contribution in [1.29, 1.82) is 0 Å². The van der Waals surface area contributed by atoms with Gasteiger partial charge in [-0.15, -0.1) is 0 Å². The third-order valence-corrected chi connectivity index (χ3v) is 4.97. The zero-order chi connectivity index (χ0) is 13.0. The van der Waals surface area contributed by atoms with Crippen LogP contribution in [0.4, 0.5) is 0 Å². The first kappa shape index (κ1) is 14.3. The van der Waals surface area contributed by atoms with E-state index < -0.39 is 0 Å². The number of hydrogen-bond donors (Lipinski definition) is 1. The Labute approximate surface area is 112 Å². The summed E-state index contributed by atoms with van der Waals surface area (Å²) in [7, 11) is 2.25. The van der Waals surface area contributed by atoms with Gasteiger partial charge in [-0.3, -0.25) is 0 Å². The molecule has 2 aliphatic rings. The van der Waals surface area contributed by atoms with E-state index >= 15 is 0 Å². The molecule has 3 nitrogen and oxygen atoms in total. The van der Waals surface area contributed by atoms with E-state index in [1.165, 1.54) is 38.6 Å². The third kappa shape index (κ3) is 3.46. The van der Waals surface area contributed by atoms with E-state index in [0.717, 1.165) is 31.4 Å². The van der Waals surface area contributed by atoms with Crippen molar-refractivity contribution in [2.75, 3.05) is 26.7 Å². The first-order valence-electron chi connectivity index (χ1n) is 7.69. The average Bonchev–Trinajstić information content (AvgIpc) is 2.74. The van der Waals surface area contributed by atoms with Crippen LogP contribution in [0.5, 0.6) is 0 Å². The van der Waals surface area contributed by atoms with Crippen LogP contribution < -0.4 is 5.73 Å². The van der Waals surface area contributed by atoms with Crippen LogP contribution in [0.3, 0.4) is 0 Å². The summed E-state index contributed by atoms with van der Waals surface area (Å²) in [5.41, 5.74) is 5.95. The molecule has 0 aromatic carbocycles. The second kappa shape index (κ2) is 6.36. The Hall–Kier alpha value is -0.120. The van der Waals surface area contributed by atoms with Gasteiger partial charge in [-0.25, -0.2) is 0 Å². The van der Waals surface area contributed by atoms with Gasteiger partial charge in [0, 0.05) is 19.2 Å². The van der Waals surface area contributed by atoms with E-state index in [4.69, 9.17) is 10.5 Å². The summed E-state index contributed by atoms with van der Waals surface area (Å²) >= 11 is 0. The fourth-order valence-corrected chi connectivity index (χ4v) is 3.64. The van der Waals surface area contributed by atoms with Crippen LogP contribution in [-0.4, -0.2) is 43.3 Å². The number of likely N-dealkylation sites (tertiary alicyclic amines) is 1. The fourth-order valence-electron chi connectivity index (χ4n) is 3.64. The predicted octanol–water partition coefficient (Wildman–Crippen LogP) is 2.39. The Kier molecular flexibility index (Phi) is 5.05. The minimum Gasteiger partial charge on any atom is -0.374 e. The number of ether oxygens (including phenoxy) is 1. The molecule has 1 saturated heterocycles. The summed E-state index contributed by atoms with van der Waals surface area (Å²) in [6.07, 6.45) is 8.85. The molecule has 0 bridgehead atoms. The van der Waals surface area contributed by atoms with Gasteiger partial charge in [0.05, 0.1) is 5.60 Å². The summed E-state index contributed by atoms with van der Waals surface area (Å²) < 4.78 is 6.21. The number of hydrogen-bond acceptors (Lipinski definition) is 3. The van der Waals surface area contributed by atoms with Crippen LogP contribution in [0.25, 0.3) is 0 Å². The van der Waals surface area contributed by atoms with E-state index in [-0.39, 0.29) is 5.60 Å². The van der Waals surface area contributed by atoms with Crippen LogP contribution in [0.15, 0.2) is 0 Å². The van der Waals surface area contributed by atoms with Gasteiger partial charge in [0.1, 0.15) is 0 Å². The van der Waals surface area contributed by atoms with E-state index in [1.807, 2.05) is 0 Å². The molecule has 106 valence electrons. The lowest BCUT2D eigenvalue weighted by Crippen LogP contribution is -2.41. The molecular weight excluding hydrogens is 224 g/mol. The summed E-state index contributed by atoms with van der Waals surface area (Å²) in [5, 5.41) is 0. The monoisotopic (exact) mass is 254 g/mol. The van der Waals surface area contributed by atoms with Crippen molar-refractivity contribution < 1.29 is 4.74 Å². The van der Waals surface area contributed by atoms with Crippen molar-refractivity contribution in [1.82, 2.24) is 4.90 Å². The molecule has 1 heterocycles. The van der Waals surface area contributed by atoms with Crippen LogP contribution in [0.2, 0.25) is 0 Å². The van der Waals surface area contributed by atoms with Crippen LogP contribution >= 0.6 is 0 Å². The molecule has 18 heavy (non-hydrogen) atoms. The summed E-state index contributed by atoms with van der Waals surface area (Å²) in [6.45, 7) is 5.15. The van der Waals surface area contributed by atoms with Crippen molar-refractivity contribution in [3.8, 4) is 0 Å². The molecule has 0 spiro atoms. The van der Waals surface area contributed by atoms with Gasteiger partial charge >= 0.3 is 0 Å². The molecule has 1 aliphatic heterocycles. The molecule has 2 fully saturated rings. The van der Waals surface area contributed by atoms with Gasteiger partial charge in [-0.1, -0.05) is 13.3 Å². The predicted molar refractivity (Wildman–Crippen MR) is 75.6 cm³/mol. The largest absolute Gasteiger partial charge is 0.374 e. The Bertz CT molecular complexity index is 259. The number of rotatable bonds is 5. The quantitative estimate of drug-likeness (QED) is 0.819. The average molecular weight is 254 g/mol. The summed E-state index contributed by atoms with van der Waals surface area (Å²) in [5.74, 6) is 0.783. The van der Waals surface area contributed by atoms with Crippen molar-refractivity contribution in [2.45, 2.75) is 63.5 Å². The standard InChI is InChI=1S/C15H30N2O/c1-13-6-8-15(11-13,12-16)18-10-7-14-5-3-4-9-17(14)2/h13-14H,3-12,16H2,1-2H3. The van der Waals surface area contributed by atoms with Crippen LogP contribution in [0, 0.1) is 5.92 Å². The van der Waals surface area contributed by atoms with Gasteiger partial charge in [-0.05, 0) is 58.0 Å². The number of piperidine rings is 1. The lowest BCUT2D eigenvalue weighted by molar-refractivity contribution is -0.0445. The Morgan fingerprint density at radius 1 is 1.33 bits per heavy atom. The van der Waals surface area contributed by atoms with Crippen LogP contribution in [-0.2, 0) is 4.74 Å². The van der Waals surface area contributed by atoms with Gasteiger partial charge in [-0.2, -0.15) is 0 Å². The summed E-state index contributed by atoms with van der Waals surface area (Å²) in [6, 6.07) is 0.729. The smallest absolute Gasteiger partial charge is 0.0806 e. The minimum absolute atomic E-state index is 0.00660. The molecule has 0 radical (unpaired) electrons. The maximum absolute atomic E-state index is 6.21. The molecule has 1 aliphatic carbocycles. The molecule has 0 aromatic rings. The molecule has 1 saturated carbocycles. The Morgan fingerprint density at radius 3 is 2.78 bits per heavy atom. The van der Waals surface area contributed by atoms with Crippen molar-refractivity contribution in [3.63, 3.8) is 0 Å². The van der Waals surface area contributed by atoms with Gasteiger partial charge < -0.3 is 15.4 Å². The SMILES string of the molecule is CC1CCC(CN)(OCCC2CCCCN2C)C1. The van der Waals surface area contributed by atoms with E-state index in [0.29, 0.717) is 6.54 Å². The lowest BCUT2D eigenvalue weighted by Gasteiger charge is -2.34. The first-order valence-corrected chi connectivity index (χ1v) is 7.69. The van der Waals surface area contributed by atoms with Gasteiger partial charge in [0.25, 0.3) is 0 Å². The molecule has 2 N–H and O–H groups in total. The normalized spacial score (nSPS) is 38.2. The zero-order valence-corrected chi connectivity index (χ0v) is 12.2. The summed E-state index contributed by atoms with van der Waals surface area (Å²) in [4.78, 5) is 2.50. The highest BCUT2D eigenvalue weighted by molar-refractivity contribution is 4.90.